The monoisotopic (exact) mass is 438 g/mol. The van der Waals surface area contributed by atoms with E-state index in [1.54, 1.807) is 23.1 Å². The van der Waals surface area contributed by atoms with Gasteiger partial charge >= 0.3 is 0 Å². The zero-order valence-electron chi connectivity index (χ0n) is 17.1. The van der Waals surface area contributed by atoms with Gasteiger partial charge < -0.3 is 15.5 Å². The molecule has 1 saturated heterocycles. The minimum Gasteiger partial charge on any atom is -0.333 e. The summed E-state index contributed by atoms with van der Waals surface area (Å²) in [7, 11) is 0. The third-order valence-electron chi connectivity index (χ3n) is 5.53. The van der Waals surface area contributed by atoms with Crippen molar-refractivity contribution >= 4 is 40.9 Å². The lowest BCUT2D eigenvalue weighted by Crippen LogP contribution is -2.51. The first-order chi connectivity index (χ1) is 14.6. The highest BCUT2D eigenvalue weighted by atomic mass is 35.5. The van der Waals surface area contributed by atoms with Crippen LogP contribution in [-0.4, -0.2) is 56.6 Å². The third-order valence-corrected chi connectivity index (χ3v) is 5.53. The van der Waals surface area contributed by atoms with Gasteiger partial charge in [-0.15, -0.1) is 12.4 Å². The van der Waals surface area contributed by atoms with Crippen LogP contribution in [0.2, 0.25) is 0 Å². The maximum atomic E-state index is 13.1. The summed E-state index contributed by atoms with van der Waals surface area (Å²) in [4.78, 5) is 23.9. The molecule has 1 atom stereocenters. The number of carbonyl (C=O) groups is 1. The SMILES string of the molecule is CC1CN(C(=O)c2nc(Nc3cc(C4CC4)[nH]n3)c3cc(C#N)ccc3n2)CCN1.Cl. The Labute approximate surface area is 185 Å². The summed E-state index contributed by atoms with van der Waals surface area (Å²) >= 11 is 0. The van der Waals surface area contributed by atoms with Crippen LogP contribution < -0.4 is 10.6 Å². The second kappa shape index (κ2) is 8.49. The van der Waals surface area contributed by atoms with Crippen LogP contribution in [0.4, 0.5) is 11.6 Å². The number of rotatable bonds is 4. The van der Waals surface area contributed by atoms with E-state index in [0.717, 1.165) is 12.2 Å². The zero-order chi connectivity index (χ0) is 20.7. The molecule has 2 fully saturated rings. The van der Waals surface area contributed by atoms with Gasteiger partial charge in [-0.05, 0) is 38.0 Å². The van der Waals surface area contributed by atoms with E-state index in [4.69, 9.17) is 0 Å². The van der Waals surface area contributed by atoms with Crippen LogP contribution in [0.25, 0.3) is 10.9 Å². The Morgan fingerprint density at radius 2 is 2.13 bits per heavy atom. The van der Waals surface area contributed by atoms with Gasteiger partial charge in [-0.25, -0.2) is 9.97 Å². The quantitative estimate of drug-likeness (QED) is 0.572. The minimum atomic E-state index is -0.196. The van der Waals surface area contributed by atoms with Gasteiger partial charge in [0.25, 0.3) is 5.91 Å². The Morgan fingerprint density at radius 3 is 2.87 bits per heavy atom. The largest absolute Gasteiger partial charge is 0.333 e. The summed E-state index contributed by atoms with van der Waals surface area (Å²) in [5.41, 5.74) is 2.21. The highest BCUT2D eigenvalue weighted by Gasteiger charge is 2.27. The molecule has 1 aromatic carbocycles. The first-order valence-corrected chi connectivity index (χ1v) is 10.2. The maximum Gasteiger partial charge on any atom is 0.291 e. The number of fused-ring (bicyclic) bond motifs is 1. The van der Waals surface area contributed by atoms with Crippen LogP contribution in [0.15, 0.2) is 24.3 Å². The number of nitrogens with one attached hydrogen (secondary N) is 3. The molecule has 1 aliphatic heterocycles. The van der Waals surface area contributed by atoms with Crippen molar-refractivity contribution in [1.82, 2.24) is 30.4 Å². The predicted octanol–water partition coefficient (Wildman–Crippen LogP) is 2.70. The number of amides is 1. The van der Waals surface area contributed by atoms with Gasteiger partial charge in [-0.3, -0.25) is 9.89 Å². The van der Waals surface area contributed by atoms with Gasteiger partial charge in [-0.1, -0.05) is 0 Å². The average Bonchev–Trinajstić information content (AvgIpc) is 3.51. The van der Waals surface area contributed by atoms with Crippen molar-refractivity contribution in [2.75, 3.05) is 25.0 Å². The first-order valence-electron chi connectivity index (χ1n) is 10.2. The van der Waals surface area contributed by atoms with E-state index < -0.39 is 0 Å². The van der Waals surface area contributed by atoms with Crippen LogP contribution in [0.1, 0.15) is 47.6 Å². The number of piperazine rings is 1. The second-order valence-corrected chi connectivity index (χ2v) is 7.95. The fourth-order valence-electron chi connectivity index (χ4n) is 3.77. The number of carbonyl (C=O) groups excluding carboxylic acids is 1. The molecule has 2 aliphatic rings. The Hall–Kier alpha value is -3.22. The van der Waals surface area contributed by atoms with Gasteiger partial charge in [-0.2, -0.15) is 10.4 Å². The molecule has 1 amide bonds. The number of H-pyrrole nitrogens is 1. The molecule has 31 heavy (non-hydrogen) atoms. The molecule has 0 radical (unpaired) electrons. The standard InChI is InChI=1S/C21H22N8O.ClH/c1-12-11-29(7-6-23-12)21(30)20-24-16-5-2-13(10-22)8-15(16)19(26-20)25-18-9-17(27-28-18)14-3-4-14;/h2,5,8-9,12,14,23H,3-4,6-7,11H2,1H3,(H2,24,25,26,27,28);1H. The lowest BCUT2D eigenvalue weighted by Gasteiger charge is -2.31. The normalized spacial score (nSPS) is 18.3. The molecule has 0 spiro atoms. The van der Waals surface area contributed by atoms with E-state index >= 15 is 0 Å². The van der Waals surface area contributed by atoms with E-state index in [1.165, 1.54) is 12.8 Å². The van der Waals surface area contributed by atoms with Gasteiger partial charge in [0.2, 0.25) is 5.82 Å². The summed E-state index contributed by atoms with van der Waals surface area (Å²) in [6.07, 6.45) is 2.34. The smallest absolute Gasteiger partial charge is 0.291 e. The predicted molar refractivity (Wildman–Crippen MR) is 119 cm³/mol. The molecule has 5 rings (SSSR count). The number of hydrogen-bond donors (Lipinski definition) is 3. The van der Waals surface area contributed by atoms with Crippen molar-refractivity contribution in [2.24, 2.45) is 0 Å². The summed E-state index contributed by atoms with van der Waals surface area (Å²) in [6.45, 7) is 4.02. The fourth-order valence-corrected chi connectivity index (χ4v) is 3.77. The van der Waals surface area contributed by atoms with Crippen molar-refractivity contribution in [3.05, 3.63) is 41.3 Å². The maximum absolute atomic E-state index is 13.1. The van der Waals surface area contributed by atoms with Gasteiger partial charge in [0.15, 0.2) is 5.82 Å². The van der Waals surface area contributed by atoms with Gasteiger partial charge in [0, 0.05) is 48.7 Å². The van der Waals surface area contributed by atoms with Crippen LogP contribution in [-0.2, 0) is 0 Å². The molecule has 1 saturated carbocycles. The first kappa shape index (κ1) is 21.0. The number of nitrogens with zero attached hydrogens (tertiary/aromatic N) is 5. The van der Waals surface area contributed by atoms with E-state index in [0.29, 0.717) is 47.1 Å². The Bertz CT molecular complexity index is 1170. The number of anilines is 2. The third kappa shape index (κ3) is 4.31. The van der Waals surface area contributed by atoms with Crippen LogP contribution >= 0.6 is 12.4 Å². The van der Waals surface area contributed by atoms with E-state index in [2.05, 4.69) is 36.9 Å². The molecule has 10 heteroatoms. The second-order valence-electron chi connectivity index (χ2n) is 7.95. The molecule has 3 heterocycles. The average molecular weight is 439 g/mol. The van der Waals surface area contributed by atoms with Crippen molar-refractivity contribution in [1.29, 1.82) is 5.26 Å². The van der Waals surface area contributed by atoms with Crippen molar-refractivity contribution < 1.29 is 4.79 Å². The summed E-state index contributed by atoms with van der Waals surface area (Å²) in [6, 6.07) is 9.51. The molecule has 2 aromatic heterocycles. The van der Waals surface area contributed by atoms with Crippen molar-refractivity contribution in [2.45, 2.75) is 31.7 Å². The summed E-state index contributed by atoms with van der Waals surface area (Å²) in [5, 5.41) is 23.9. The Balaban J connectivity index is 0.00000231. The van der Waals surface area contributed by atoms with E-state index in [9.17, 15) is 10.1 Å². The van der Waals surface area contributed by atoms with Gasteiger partial charge in [0.1, 0.15) is 5.82 Å². The highest BCUT2D eigenvalue weighted by Crippen LogP contribution is 2.39. The van der Waals surface area contributed by atoms with Crippen LogP contribution in [0, 0.1) is 11.3 Å². The van der Waals surface area contributed by atoms with Crippen molar-refractivity contribution in [3.8, 4) is 6.07 Å². The fraction of sp³-hybridized carbons (Fsp3) is 0.381. The summed E-state index contributed by atoms with van der Waals surface area (Å²) < 4.78 is 0. The number of nitriles is 1. The zero-order valence-corrected chi connectivity index (χ0v) is 17.9. The number of halogens is 1. The van der Waals surface area contributed by atoms with Crippen LogP contribution in [0.5, 0.6) is 0 Å². The molecule has 9 nitrogen and oxygen atoms in total. The number of aromatic nitrogens is 4. The number of aromatic amines is 1. The molecule has 1 aliphatic carbocycles. The van der Waals surface area contributed by atoms with E-state index in [-0.39, 0.29) is 30.2 Å². The molecular weight excluding hydrogens is 416 g/mol. The molecule has 1 unspecified atom stereocenters. The molecule has 3 aromatic rings. The lowest BCUT2D eigenvalue weighted by atomic mass is 10.1. The molecule has 3 N–H and O–H groups in total. The van der Waals surface area contributed by atoms with Gasteiger partial charge in [0.05, 0.1) is 17.1 Å². The van der Waals surface area contributed by atoms with E-state index in [1.807, 2.05) is 13.0 Å². The Kier molecular flexibility index (Phi) is 5.76. The number of benzene rings is 1. The molecule has 0 bridgehead atoms. The lowest BCUT2D eigenvalue weighted by molar-refractivity contribution is 0.0697. The highest BCUT2D eigenvalue weighted by molar-refractivity contribution is 5.97. The minimum absolute atomic E-state index is 0. The van der Waals surface area contributed by atoms with Crippen molar-refractivity contribution in [3.63, 3.8) is 0 Å². The molecular formula is C21H23ClN8O. The Morgan fingerprint density at radius 1 is 1.29 bits per heavy atom. The topological polar surface area (TPSA) is 123 Å². The number of hydrogen-bond acceptors (Lipinski definition) is 7. The molecule has 160 valence electrons. The summed E-state index contributed by atoms with van der Waals surface area (Å²) in [5.74, 6) is 1.60. The van der Waals surface area contributed by atoms with Crippen LogP contribution in [0.3, 0.4) is 0 Å².